The zero-order valence-corrected chi connectivity index (χ0v) is 15.1. The van der Waals surface area contributed by atoms with Gasteiger partial charge in [0.15, 0.2) is 0 Å². The molecule has 0 aliphatic carbocycles. The van der Waals surface area contributed by atoms with Gasteiger partial charge in [-0.1, -0.05) is 11.6 Å². The van der Waals surface area contributed by atoms with Crippen molar-refractivity contribution in [2.24, 2.45) is 0 Å². The smallest absolute Gasteiger partial charge is 0.274 e. The minimum Gasteiger partial charge on any atom is -0.495 e. The SMILES string of the molecule is COc1ccc(NC(=O)c2cc(Nc3ccc(C#N)cc3)ccn2)cc1Cl. The molecule has 3 rings (SSSR count). The van der Waals surface area contributed by atoms with E-state index in [0.717, 1.165) is 5.69 Å². The van der Waals surface area contributed by atoms with Crippen LogP contribution >= 0.6 is 11.6 Å². The number of ether oxygens (including phenoxy) is 1. The molecule has 27 heavy (non-hydrogen) atoms. The molecule has 0 atom stereocenters. The third-order valence-electron chi connectivity index (χ3n) is 3.70. The summed E-state index contributed by atoms with van der Waals surface area (Å²) >= 11 is 6.07. The maximum atomic E-state index is 12.5. The maximum absolute atomic E-state index is 12.5. The van der Waals surface area contributed by atoms with Gasteiger partial charge in [-0.2, -0.15) is 5.26 Å². The lowest BCUT2D eigenvalue weighted by Gasteiger charge is -2.10. The zero-order chi connectivity index (χ0) is 19.2. The summed E-state index contributed by atoms with van der Waals surface area (Å²) in [6.45, 7) is 0. The van der Waals surface area contributed by atoms with Crippen molar-refractivity contribution in [2.75, 3.05) is 17.7 Å². The predicted molar refractivity (Wildman–Crippen MR) is 105 cm³/mol. The number of benzene rings is 2. The minimum absolute atomic E-state index is 0.251. The van der Waals surface area contributed by atoms with E-state index >= 15 is 0 Å². The van der Waals surface area contributed by atoms with Crippen LogP contribution in [0.15, 0.2) is 60.8 Å². The average Bonchev–Trinajstić information content (AvgIpc) is 2.69. The number of carbonyl (C=O) groups excluding carboxylic acids is 1. The van der Waals surface area contributed by atoms with E-state index in [1.165, 1.54) is 7.11 Å². The van der Waals surface area contributed by atoms with Crippen LogP contribution in [-0.2, 0) is 0 Å². The summed E-state index contributed by atoms with van der Waals surface area (Å²) in [4.78, 5) is 16.6. The van der Waals surface area contributed by atoms with E-state index in [-0.39, 0.29) is 11.6 Å². The van der Waals surface area contributed by atoms with Crippen LogP contribution in [0.5, 0.6) is 5.75 Å². The highest BCUT2D eigenvalue weighted by atomic mass is 35.5. The third-order valence-corrected chi connectivity index (χ3v) is 4.00. The molecule has 0 bridgehead atoms. The number of methoxy groups -OCH3 is 1. The summed E-state index contributed by atoms with van der Waals surface area (Å²) in [5.74, 6) is 0.168. The number of amides is 1. The molecule has 3 aromatic rings. The van der Waals surface area contributed by atoms with Gasteiger partial charge in [0.25, 0.3) is 5.91 Å². The van der Waals surface area contributed by atoms with Crippen molar-refractivity contribution in [1.29, 1.82) is 5.26 Å². The second-order valence-electron chi connectivity index (χ2n) is 5.55. The number of rotatable bonds is 5. The fourth-order valence-corrected chi connectivity index (χ4v) is 2.62. The van der Waals surface area contributed by atoms with E-state index < -0.39 is 0 Å². The molecule has 134 valence electrons. The van der Waals surface area contributed by atoms with Crippen LogP contribution in [0.2, 0.25) is 5.02 Å². The normalized spacial score (nSPS) is 9.96. The Bertz CT molecular complexity index is 1010. The van der Waals surface area contributed by atoms with Crippen LogP contribution in [-0.4, -0.2) is 18.0 Å². The monoisotopic (exact) mass is 378 g/mol. The van der Waals surface area contributed by atoms with Gasteiger partial charge in [0, 0.05) is 23.3 Å². The van der Waals surface area contributed by atoms with Gasteiger partial charge in [-0.3, -0.25) is 9.78 Å². The number of nitrogens with one attached hydrogen (secondary N) is 2. The van der Waals surface area contributed by atoms with E-state index in [9.17, 15) is 4.79 Å². The quantitative estimate of drug-likeness (QED) is 0.676. The van der Waals surface area contributed by atoms with E-state index in [0.29, 0.717) is 27.7 Å². The van der Waals surface area contributed by atoms with Crippen LogP contribution < -0.4 is 15.4 Å². The van der Waals surface area contributed by atoms with Crippen LogP contribution in [0.25, 0.3) is 0 Å². The molecule has 0 saturated carbocycles. The number of halogens is 1. The highest BCUT2D eigenvalue weighted by molar-refractivity contribution is 6.32. The summed E-state index contributed by atoms with van der Waals surface area (Å²) in [5.41, 5.74) is 2.87. The maximum Gasteiger partial charge on any atom is 0.274 e. The van der Waals surface area contributed by atoms with Crippen LogP contribution in [0.1, 0.15) is 16.1 Å². The number of anilines is 3. The Labute approximate surface area is 161 Å². The number of carbonyl (C=O) groups is 1. The average molecular weight is 379 g/mol. The van der Waals surface area contributed by atoms with E-state index in [1.807, 2.05) is 0 Å². The number of nitriles is 1. The second kappa shape index (κ2) is 8.21. The topological polar surface area (TPSA) is 87.0 Å². The Morgan fingerprint density at radius 1 is 1.07 bits per heavy atom. The number of hydrogen-bond donors (Lipinski definition) is 2. The van der Waals surface area contributed by atoms with E-state index in [2.05, 4.69) is 21.7 Å². The standard InChI is InChI=1S/C20H15ClN4O2/c1-27-19-7-6-15(10-17(19)21)25-20(26)18-11-16(8-9-23-18)24-14-4-2-13(12-22)3-5-14/h2-11H,1H3,(H,23,24)(H,25,26). The molecule has 1 heterocycles. The van der Waals surface area contributed by atoms with E-state index in [1.54, 1.807) is 60.8 Å². The molecule has 0 radical (unpaired) electrons. The van der Waals surface area contributed by atoms with Gasteiger partial charge >= 0.3 is 0 Å². The number of hydrogen-bond acceptors (Lipinski definition) is 5. The Morgan fingerprint density at radius 3 is 2.48 bits per heavy atom. The van der Waals surface area contributed by atoms with E-state index in [4.69, 9.17) is 21.6 Å². The first kappa shape index (κ1) is 18.2. The summed E-state index contributed by atoms with van der Waals surface area (Å²) < 4.78 is 5.09. The summed E-state index contributed by atoms with van der Waals surface area (Å²) in [5, 5.41) is 15.2. The number of pyridine rings is 1. The first-order valence-corrected chi connectivity index (χ1v) is 8.35. The molecular formula is C20H15ClN4O2. The third kappa shape index (κ3) is 4.54. The molecule has 0 unspecified atom stereocenters. The van der Waals surface area contributed by atoms with Crippen LogP contribution in [0.4, 0.5) is 17.1 Å². The van der Waals surface area contributed by atoms with Gasteiger partial charge < -0.3 is 15.4 Å². The molecule has 1 amide bonds. The molecule has 0 fully saturated rings. The molecule has 1 aromatic heterocycles. The molecule has 2 aromatic carbocycles. The predicted octanol–water partition coefficient (Wildman–Crippen LogP) is 4.61. The molecule has 0 saturated heterocycles. The fourth-order valence-electron chi connectivity index (χ4n) is 2.37. The molecule has 6 nitrogen and oxygen atoms in total. The summed E-state index contributed by atoms with van der Waals surface area (Å²) in [7, 11) is 1.52. The molecule has 2 N–H and O–H groups in total. The highest BCUT2D eigenvalue weighted by Crippen LogP contribution is 2.27. The van der Waals surface area contributed by atoms with Crippen molar-refractivity contribution in [3.05, 3.63) is 77.1 Å². The zero-order valence-electron chi connectivity index (χ0n) is 14.4. The van der Waals surface area contributed by atoms with Crippen molar-refractivity contribution in [3.8, 4) is 11.8 Å². The van der Waals surface area contributed by atoms with Crippen molar-refractivity contribution in [1.82, 2.24) is 4.98 Å². The van der Waals surface area contributed by atoms with Crippen molar-refractivity contribution in [2.45, 2.75) is 0 Å². The molecule has 0 aliphatic heterocycles. The molecule has 0 aliphatic rings. The van der Waals surface area contributed by atoms with Gasteiger partial charge in [-0.05, 0) is 54.6 Å². The van der Waals surface area contributed by atoms with Gasteiger partial charge in [0.2, 0.25) is 0 Å². The lowest BCUT2D eigenvalue weighted by molar-refractivity contribution is 0.102. The lowest BCUT2D eigenvalue weighted by atomic mass is 10.2. The second-order valence-corrected chi connectivity index (χ2v) is 5.95. The van der Waals surface area contributed by atoms with Crippen LogP contribution in [0.3, 0.4) is 0 Å². The summed E-state index contributed by atoms with van der Waals surface area (Å²) in [6, 6.07) is 17.4. The first-order valence-electron chi connectivity index (χ1n) is 7.97. The van der Waals surface area contributed by atoms with Gasteiger partial charge in [-0.25, -0.2) is 0 Å². The Kier molecular flexibility index (Phi) is 5.55. The van der Waals surface area contributed by atoms with Gasteiger partial charge in [0.05, 0.1) is 23.8 Å². The Hall–Kier alpha value is -3.56. The number of nitrogens with zero attached hydrogens (tertiary/aromatic N) is 2. The first-order chi connectivity index (χ1) is 13.1. The van der Waals surface area contributed by atoms with Crippen LogP contribution in [0, 0.1) is 11.3 Å². The molecule has 7 heteroatoms. The number of aromatic nitrogens is 1. The van der Waals surface area contributed by atoms with Crippen molar-refractivity contribution in [3.63, 3.8) is 0 Å². The molecule has 0 spiro atoms. The Balaban J connectivity index is 1.73. The fraction of sp³-hybridized carbons (Fsp3) is 0.0500. The van der Waals surface area contributed by atoms with Gasteiger partial charge in [-0.15, -0.1) is 0 Å². The highest BCUT2D eigenvalue weighted by Gasteiger charge is 2.10. The molecular weight excluding hydrogens is 364 g/mol. The largest absolute Gasteiger partial charge is 0.495 e. The Morgan fingerprint density at radius 2 is 1.81 bits per heavy atom. The summed E-state index contributed by atoms with van der Waals surface area (Å²) in [6.07, 6.45) is 1.54. The van der Waals surface area contributed by atoms with Crippen molar-refractivity contribution < 1.29 is 9.53 Å². The van der Waals surface area contributed by atoms with Crippen molar-refractivity contribution >= 4 is 34.6 Å². The minimum atomic E-state index is -0.361. The van der Waals surface area contributed by atoms with Gasteiger partial charge in [0.1, 0.15) is 11.4 Å². The lowest BCUT2D eigenvalue weighted by Crippen LogP contribution is -2.13.